The van der Waals surface area contributed by atoms with Crippen LogP contribution in [0.5, 0.6) is 11.5 Å². The van der Waals surface area contributed by atoms with Crippen LogP contribution in [0, 0.1) is 0 Å². The van der Waals surface area contributed by atoms with E-state index in [1.807, 2.05) is 68.4 Å². The second-order valence-electron chi connectivity index (χ2n) is 11.0. The summed E-state index contributed by atoms with van der Waals surface area (Å²) >= 11 is 3.51. The van der Waals surface area contributed by atoms with Gasteiger partial charge in [-0.05, 0) is 60.9 Å². The third kappa shape index (κ3) is 9.14. The Balaban J connectivity index is 1.84. The van der Waals surface area contributed by atoms with Crippen LogP contribution in [0.4, 0.5) is 5.69 Å². The molecule has 4 rings (SSSR count). The van der Waals surface area contributed by atoms with Gasteiger partial charge in [-0.1, -0.05) is 83.5 Å². The number of benzene rings is 4. The normalized spacial score (nSPS) is 12.4. The van der Waals surface area contributed by atoms with Gasteiger partial charge in [-0.15, -0.1) is 0 Å². The first-order valence-electron chi connectivity index (χ1n) is 15.2. The first-order chi connectivity index (χ1) is 22.6. The van der Waals surface area contributed by atoms with Crippen LogP contribution < -0.4 is 19.1 Å². The lowest BCUT2D eigenvalue weighted by molar-refractivity contribution is -0.140. The van der Waals surface area contributed by atoms with Crippen LogP contribution in [-0.4, -0.2) is 58.0 Å². The van der Waals surface area contributed by atoms with Crippen molar-refractivity contribution >= 4 is 43.5 Å². The summed E-state index contributed by atoms with van der Waals surface area (Å²) in [6, 6.07) is 28.4. The minimum Gasteiger partial charge on any atom is -0.493 e. The molecule has 2 amide bonds. The first-order valence-corrected chi connectivity index (χ1v) is 17.5. The van der Waals surface area contributed by atoms with Crippen molar-refractivity contribution in [2.24, 2.45) is 0 Å². The van der Waals surface area contributed by atoms with Crippen molar-refractivity contribution in [3.05, 3.63) is 119 Å². The molecule has 2 atom stereocenters. The summed E-state index contributed by atoms with van der Waals surface area (Å²) in [5.41, 5.74) is 1.83. The summed E-state index contributed by atoms with van der Waals surface area (Å²) in [4.78, 5) is 30.1. The number of halogens is 1. The molecule has 9 nitrogen and oxygen atoms in total. The third-order valence-corrected chi connectivity index (χ3v) is 10.1. The number of ether oxygens (including phenoxy) is 2. The van der Waals surface area contributed by atoms with Gasteiger partial charge in [-0.2, -0.15) is 0 Å². The number of carbonyl (C=O) groups excluding carboxylic acids is 2. The highest BCUT2D eigenvalue weighted by atomic mass is 79.9. The molecule has 47 heavy (non-hydrogen) atoms. The van der Waals surface area contributed by atoms with Crippen LogP contribution in [0.2, 0.25) is 0 Å². The smallest absolute Gasteiger partial charge is 0.264 e. The average Bonchev–Trinajstić information content (AvgIpc) is 3.08. The van der Waals surface area contributed by atoms with Crippen LogP contribution in [0.1, 0.15) is 31.4 Å². The largest absolute Gasteiger partial charge is 0.493 e. The summed E-state index contributed by atoms with van der Waals surface area (Å²) in [6.07, 6.45) is 0.927. The molecule has 0 saturated heterocycles. The molecule has 0 spiro atoms. The van der Waals surface area contributed by atoms with E-state index in [9.17, 15) is 18.0 Å². The Morgan fingerprint density at radius 3 is 2.09 bits per heavy atom. The molecular weight excluding hydrogens is 682 g/mol. The van der Waals surface area contributed by atoms with Crippen molar-refractivity contribution in [3.8, 4) is 11.5 Å². The van der Waals surface area contributed by atoms with Crippen molar-refractivity contribution in [1.29, 1.82) is 0 Å². The van der Waals surface area contributed by atoms with E-state index in [-0.39, 0.29) is 35.5 Å². The second-order valence-corrected chi connectivity index (χ2v) is 13.8. The zero-order valence-electron chi connectivity index (χ0n) is 26.9. The molecule has 0 aliphatic rings. The molecule has 0 aliphatic carbocycles. The molecule has 11 heteroatoms. The maximum Gasteiger partial charge on any atom is 0.264 e. The van der Waals surface area contributed by atoms with E-state index in [1.165, 1.54) is 37.3 Å². The monoisotopic (exact) mass is 721 g/mol. The number of nitrogens with zero attached hydrogens (tertiary/aromatic N) is 2. The van der Waals surface area contributed by atoms with Crippen molar-refractivity contribution in [1.82, 2.24) is 10.2 Å². The number of nitrogens with one attached hydrogen (secondary N) is 1. The Hall–Kier alpha value is -4.35. The maximum absolute atomic E-state index is 14.6. The van der Waals surface area contributed by atoms with Gasteiger partial charge < -0.3 is 19.7 Å². The average molecular weight is 723 g/mol. The van der Waals surface area contributed by atoms with Crippen molar-refractivity contribution < 1.29 is 27.5 Å². The van der Waals surface area contributed by atoms with Crippen LogP contribution >= 0.6 is 15.9 Å². The number of amides is 2. The lowest BCUT2D eigenvalue weighted by Gasteiger charge is -2.34. The number of hydrogen-bond donors (Lipinski definition) is 1. The van der Waals surface area contributed by atoms with E-state index in [0.717, 1.165) is 19.9 Å². The maximum atomic E-state index is 14.6. The van der Waals surface area contributed by atoms with Gasteiger partial charge in [0.05, 0.1) is 24.8 Å². The molecule has 0 bridgehead atoms. The van der Waals surface area contributed by atoms with Crippen molar-refractivity contribution in [2.45, 2.75) is 50.2 Å². The predicted molar refractivity (Wildman–Crippen MR) is 187 cm³/mol. The highest BCUT2D eigenvalue weighted by Gasteiger charge is 2.35. The molecule has 0 unspecified atom stereocenters. The van der Waals surface area contributed by atoms with Crippen LogP contribution in [0.15, 0.2) is 112 Å². The van der Waals surface area contributed by atoms with Crippen molar-refractivity contribution in [2.75, 3.05) is 25.1 Å². The lowest BCUT2D eigenvalue weighted by atomic mass is 10.0. The highest BCUT2D eigenvalue weighted by molar-refractivity contribution is 9.10. The van der Waals surface area contributed by atoms with E-state index < -0.39 is 28.5 Å². The second kappa shape index (κ2) is 16.5. The molecular formula is C36H40BrN3O6S. The predicted octanol–water partition coefficient (Wildman–Crippen LogP) is 6.22. The first kappa shape index (κ1) is 35.5. The van der Waals surface area contributed by atoms with Gasteiger partial charge in [0.1, 0.15) is 12.6 Å². The summed E-state index contributed by atoms with van der Waals surface area (Å²) in [5.74, 6) is -0.179. The van der Waals surface area contributed by atoms with Crippen LogP contribution in [-0.2, 0) is 32.6 Å². The fourth-order valence-corrected chi connectivity index (χ4v) is 6.93. The third-order valence-electron chi connectivity index (χ3n) is 7.78. The zero-order valence-corrected chi connectivity index (χ0v) is 29.3. The summed E-state index contributed by atoms with van der Waals surface area (Å²) in [7, 11) is -1.32. The summed E-state index contributed by atoms with van der Waals surface area (Å²) in [6.45, 7) is 3.36. The fourth-order valence-electron chi connectivity index (χ4n) is 5.06. The molecule has 0 radical (unpaired) electrons. The van der Waals surface area contributed by atoms with Crippen molar-refractivity contribution in [3.63, 3.8) is 0 Å². The molecule has 0 fully saturated rings. The van der Waals surface area contributed by atoms with Crippen LogP contribution in [0.25, 0.3) is 0 Å². The highest BCUT2D eigenvalue weighted by Crippen LogP contribution is 2.34. The Morgan fingerprint density at radius 2 is 1.47 bits per heavy atom. The van der Waals surface area contributed by atoms with Crippen LogP contribution in [0.3, 0.4) is 0 Å². The Kier molecular flexibility index (Phi) is 12.4. The van der Waals surface area contributed by atoms with Gasteiger partial charge >= 0.3 is 0 Å². The summed E-state index contributed by atoms with van der Waals surface area (Å²) in [5, 5.41) is 3.05. The molecule has 0 saturated carbocycles. The van der Waals surface area contributed by atoms with E-state index >= 15 is 0 Å². The number of anilines is 1. The SMILES string of the molecule is CC[C@H](C)NC(=O)[C@H](Cc1ccccc1)N(Cc1cccc(Br)c1)C(=O)CN(c1ccc(OC)c(OC)c1)S(=O)(=O)c1ccccc1. The fraction of sp³-hybridized carbons (Fsp3) is 0.278. The van der Waals surface area contributed by atoms with Gasteiger partial charge in [0.25, 0.3) is 10.0 Å². The molecule has 0 heterocycles. The molecule has 4 aromatic rings. The zero-order chi connectivity index (χ0) is 34.0. The Labute approximate surface area is 285 Å². The number of hydrogen-bond acceptors (Lipinski definition) is 6. The number of sulfonamides is 1. The van der Waals surface area contributed by atoms with Gasteiger partial charge in [0.2, 0.25) is 11.8 Å². The van der Waals surface area contributed by atoms with E-state index in [2.05, 4.69) is 21.2 Å². The molecule has 0 aliphatic heterocycles. The minimum atomic E-state index is -4.25. The van der Waals surface area contributed by atoms with Gasteiger partial charge in [-0.25, -0.2) is 8.42 Å². The number of carbonyl (C=O) groups is 2. The summed E-state index contributed by atoms with van der Waals surface area (Å²) < 4.78 is 41.2. The topological polar surface area (TPSA) is 105 Å². The molecule has 248 valence electrons. The number of rotatable bonds is 15. The van der Waals surface area contributed by atoms with Gasteiger partial charge in [0.15, 0.2) is 11.5 Å². The standard InChI is InChI=1S/C36H40BrN3O6S/c1-5-26(2)38-36(42)32(22-27-13-8-6-9-14-27)39(24-28-15-12-16-29(37)21-28)35(41)25-40(47(43,44)31-17-10-7-11-18-31)30-19-20-33(45-3)34(23-30)46-4/h6-21,23,26,32H,5,22,24-25H2,1-4H3,(H,38,42)/t26-,32-/m0/s1. The van der Waals surface area contributed by atoms with Gasteiger partial charge in [-0.3, -0.25) is 13.9 Å². The van der Waals surface area contributed by atoms with E-state index in [0.29, 0.717) is 17.9 Å². The Morgan fingerprint density at radius 1 is 0.830 bits per heavy atom. The van der Waals surface area contributed by atoms with E-state index in [1.54, 1.807) is 30.3 Å². The molecule has 0 aromatic heterocycles. The van der Waals surface area contributed by atoms with Gasteiger partial charge in [0, 0.05) is 29.5 Å². The Bertz CT molecular complexity index is 1760. The van der Waals surface area contributed by atoms with E-state index in [4.69, 9.17) is 9.47 Å². The quantitative estimate of drug-likeness (QED) is 0.156. The molecule has 4 aromatic carbocycles. The molecule has 1 N–H and O–H groups in total. The number of methoxy groups -OCH3 is 2. The minimum absolute atomic E-state index is 0.0106. The lowest BCUT2D eigenvalue weighted by Crippen LogP contribution is -2.54.